The predicted octanol–water partition coefficient (Wildman–Crippen LogP) is 3.79. The molecule has 0 saturated carbocycles. The van der Waals surface area contributed by atoms with E-state index < -0.39 is 0 Å². The second kappa shape index (κ2) is 6.48. The van der Waals surface area contributed by atoms with Crippen LogP contribution in [0.1, 0.15) is 23.4 Å². The fraction of sp³-hybridized carbons (Fsp3) is 0.300. The first-order valence-electron chi connectivity index (χ1n) is 8.22. The van der Waals surface area contributed by atoms with E-state index in [0.29, 0.717) is 6.42 Å². The van der Waals surface area contributed by atoms with E-state index in [9.17, 15) is 4.79 Å². The zero-order valence-electron chi connectivity index (χ0n) is 14.7. The molecule has 1 aromatic heterocycles. The summed E-state index contributed by atoms with van der Waals surface area (Å²) in [6.45, 7) is 4.05. The van der Waals surface area contributed by atoms with Gasteiger partial charge in [0, 0.05) is 31.6 Å². The van der Waals surface area contributed by atoms with Crippen LogP contribution in [0.5, 0.6) is 0 Å². The molecule has 4 heteroatoms. The zero-order valence-corrected chi connectivity index (χ0v) is 14.7. The maximum atomic E-state index is 12.7. The lowest BCUT2D eigenvalue weighted by Crippen LogP contribution is -2.26. The first kappa shape index (κ1) is 16.2. The number of nitrogens with zero attached hydrogens (tertiary/aromatic N) is 3. The lowest BCUT2D eigenvalue weighted by Gasteiger charge is -2.19. The third-order valence-corrected chi connectivity index (χ3v) is 4.75. The van der Waals surface area contributed by atoms with Crippen LogP contribution in [0.2, 0.25) is 0 Å². The van der Waals surface area contributed by atoms with Gasteiger partial charge in [-0.15, -0.1) is 0 Å². The van der Waals surface area contributed by atoms with E-state index in [4.69, 9.17) is 0 Å². The molecule has 2 aromatic carbocycles. The summed E-state index contributed by atoms with van der Waals surface area (Å²) in [4.78, 5) is 14.5. The average Bonchev–Trinajstić information content (AvgIpc) is 2.83. The minimum atomic E-state index is 0.119. The molecule has 4 nitrogen and oxygen atoms in total. The minimum Gasteiger partial charge on any atom is -0.315 e. The van der Waals surface area contributed by atoms with Crippen LogP contribution in [0.15, 0.2) is 42.5 Å². The van der Waals surface area contributed by atoms with E-state index in [2.05, 4.69) is 23.3 Å². The molecule has 3 aromatic rings. The number of rotatable bonds is 4. The Morgan fingerprint density at radius 2 is 1.83 bits per heavy atom. The van der Waals surface area contributed by atoms with Crippen molar-refractivity contribution < 1.29 is 4.79 Å². The van der Waals surface area contributed by atoms with Gasteiger partial charge in [-0.3, -0.25) is 9.48 Å². The lowest BCUT2D eigenvalue weighted by atomic mass is 10.1. The third-order valence-electron chi connectivity index (χ3n) is 4.75. The van der Waals surface area contributed by atoms with Gasteiger partial charge < -0.3 is 4.90 Å². The molecular weight excluding hydrogens is 298 g/mol. The van der Waals surface area contributed by atoms with Crippen LogP contribution >= 0.6 is 0 Å². The molecule has 124 valence electrons. The van der Waals surface area contributed by atoms with Gasteiger partial charge in [0.25, 0.3) is 0 Å². The second-order valence-corrected chi connectivity index (χ2v) is 6.22. The van der Waals surface area contributed by atoms with Gasteiger partial charge in [0.2, 0.25) is 5.91 Å². The summed E-state index contributed by atoms with van der Waals surface area (Å²) < 4.78 is 1.88. The van der Waals surface area contributed by atoms with Gasteiger partial charge in [0.05, 0.1) is 11.4 Å². The molecule has 0 aliphatic carbocycles. The highest BCUT2D eigenvalue weighted by atomic mass is 16.2. The molecule has 0 N–H and O–H groups in total. The average molecular weight is 321 g/mol. The SMILES string of the molecule is Cc1nn(C)c(C)c1CCC(=O)N(C)c1cccc2ccccc12. The van der Waals surface area contributed by atoms with E-state index in [1.807, 2.05) is 56.9 Å². The van der Waals surface area contributed by atoms with Crippen LogP contribution in [-0.4, -0.2) is 22.7 Å². The normalized spacial score (nSPS) is 11.0. The van der Waals surface area contributed by atoms with Crippen LogP contribution in [0, 0.1) is 13.8 Å². The second-order valence-electron chi connectivity index (χ2n) is 6.22. The first-order chi connectivity index (χ1) is 11.5. The quantitative estimate of drug-likeness (QED) is 0.733. The Morgan fingerprint density at radius 1 is 1.12 bits per heavy atom. The lowest BCUT2D eigenvalue weighted by molar-refractivity contribution is -0.118. The molecule has 0 radical (unpaired) electrons. The van der Waals surface area contributed by atoms with Crippen molar-refractivity contribution in [1.82, 2.24) is 9.78 Å². The number of aryl methyl sites for hydroxylation is 2. The third kappa shape index (κ3) is 2.92. The maximum absolute atomic E-state index is 12.7. The molecule has 0 bridgehead atoms. The fourth-order valence-corrected chi connectivity index (χ4v) is 3.21. The highest BCUT2D eigenvalue weighted by Crippen LogP contribution is 2.26. The van der Waals surface area contributed by atoms with E-state index in [0.717, 1.165) is 34.3 Å². The van der Waals surface area contributed by atoms with Crippen molar-refractivity contribution in [2.75, 3.05) is 11.9 Å². The summed E-state index contributed by atoms with van der Waals surface area (Å²) in [5.41, 5.74) is 4.28. The van der Waals surface area contributed by atoms with Crippen molar-refractivity contribution >= 4 is 22.4 Å². The monoisotopic (exact) mass is 321 g/mol. The van der Waals surface area contributed by atoms with Gasteiger partial charge in [-0.05, 0) is 37.3 Å². The number of carbonyl (C=O) groups excluding carboxylic acids is 1. The number of hydrogen-bond acceptors (Lipinski definition) is 2. The summed E-state index contributed by atoms with van der Waals surface area (Å²) in [5.74, 6) is 0.119. The van der Waals surface area contributed by atoms with Gasteiger partial charge in [-0.2, -0.15) is 5.10 Å². The molecule has 0 atom stereocenters. The number of amides is 1. The molecule has 24 heavy (non-hydrogen) atoms. The highest BCUT2D eigenvalue weighted by molar-refractivity contribution is 6.03. The van der Waals surface area contributed by atoms with Gasteiger partial charge in [0.15, 0.2) is 0 Å². The predicted molar refractivity (Wildman–Crippen MR) is 98.4 cm³/mol. The first-order valence-corrected chi connectivity index (χ1v) is 8.22. The number of anilines is 1. The summed E-state index contributed by atoms with van der Waals surface area (Å²) in [6, 6.07) is 14.2. The molecule has 3 rings (SSSR count). The molecule has 1 heterocycles. The van der Waals surface area contributed by atoms with E-state index in [1.54, 1.807) is 4.90 Å². The number of carbonyl (C=O) groups is 1. The fourth-order valence-electron chi connectivity index (χ4n) is 3.21. The largest absolute Gasteiger partial charge is 0.315 e. The highest BCUT2D eigenvalue weighted by Gasteiger charge is 2.16. The van der Waals surface area contributed by atoms with Crippen molar-refractivity contribution in [1.29, 1.82) is 0 Å². The number of benzene rings is 2. The van der Waals surface area contributed by atoms with Gasteiger partial charge >= 0.3 is 0 Å². The standard InChI is InChI=1S/C20H23N3O/c1-14-17(15(2)23(4)21-14)12-13-20(24)22(3)19-11-7-9-16-8-5-6-10-18(16)19/h5-11H,12-13H2,1-4H3. The molecule has 0 aliphatic heterocycles. The van der Waals surface area contributed by atoms with E-state index >= 15 is 0 Å². The van der Waals surface area contributed by atoms with Gasteiger partial charge in [0.1, 0.15) is 0 Å². The Labute approximate surface area is 142 Å². The van der Waals surface area contributed by atoms with Crippen molar-refractivity contribution in [3.05, 3.63) is 59.4 Å². The van der Waals surface area contributed by atoms with Crippen molar-refractivity contribution in [3.63, 3.8) is 0 Å². The molecule has 0 unspecified atom stereocenters. The summed E-state index contributed by atoms with van der Waals surface area (Å²) in [6.07, 6.45) is 1.20. The Hall–Kier alpha value is -2.62. The number of fused-ring (bicyclic) bond motifs is 1. The minimum absolute atomic E-state index is 0.119. The molecule has 0 saturated heterocycles. The summed E-state index contributed by atoms with van der Waals surface area (Å²) in [5, 5.41) is 6.67. The summed E-state index contributed by atoms with van der Waals surface area (Å²) >= 11 is 0. The van der Waals surface area contributed by atoms with Crippen LogP contribution in [0.3, 0.4) is 0 Å². The van der Waals surface area contributed by atoms with E-state index in [-0.39, 0.29) is 5.91 Å². The van der Waals surface area contributed by atoms with Gasteiger partial charge in [-0.1, -0.05) is 36.4 Å². The van der Waals surface area contributed by atoms with Crippen LogP contribution in [-0.2, 0) is 18.3 Å². The van der Waals surface area contributed by atoms with Crippen molar-refractivity contribution in [3.8, 4) is 0 Å². The molecular formula is C20H23N3O. The Balaban J connectivity index is 1.79. The van der Waals surface area contributed by atoms with Gasteiger partial charge in [-0.25, -0.2) is 0 Å². The Morgan fingerprint density at radius 3 is 2.54 bits per heavy atom. The molecule has 1 amide bonds. The van der Waals surface area contributed by atoms with Crippen LogP contribution in [0.25, 0.3) is 10.8 Å². The topological polar surface area (TPSA) is 38.1 Å². The Bertz CT molecular complexity index is 890. The smallest absolute Gasteiger partial charge is 0.227 e. The van der Waals surface area contributed by atoms with E-state index in [1.165, 1.54) is 5.56 Å². The Kier molecular flexibility index (Phi) is 4.38. The molecule has 0 fully saturated rings. The number of hydrogen-bond donors (Lipinski definition) is 0. The maximum Gasteiger partial charge on any atom is 0.227 e. The van der Waals surface area contributed by atoms with Crippen LogP contribution in [0.4, 0.5) is 5.69 Å². The zero-order chi connectivity index (χ0) is 17.3. The van der Waals surface area contributed by atoms with Crippen molar-refractivity contribution in [2.45, 2.75) is 26.7 Å². The van der Waals surface area contributed by atoms with Crippen molar-refractivity contribution in [2.24, 2.45) is 7.05 Å². The summed E-state index contributed by atoms with van der Waals surface area (Å²) in [7, 11) is 3.79. The number of aromatic nitrogens is 2. The molecule has 0 spiro atoms. The van der Waals surface area contributed by atoms with Crippen LogP contribution < -0.4 is 4.90 Å². The molecule has 0 aliphatic rings.